The topological polar surface area (TPSA) is 93.7 Å². The largest absolute Gasteiger partial charge is 0.327 e. The number of nitriles is 1. The van der Waals surface area contributed by atoms with Crippen molar-refractivity contribution in [1.82, 2.24) is 14.7 Å². The molecule has 5 aliphatic rings. The Hall–Kier alpha value is -2.50. The van der Waals surface area contributed by atoms with Crippen molar-refractivity contribution in [3.05, 3.63) is 35.6 Å². The van der Waals surface area contributed by atoms with E-state index >= 15 is 0 Å². The third kappa shape index (κ3) is 2.77. The van der Waals surface area contributed by atoms with E-state index in [-0.39, 0.29) is 47.3 Å². The Labute approximate surface area is 186 Å². The van der Waals surface area contributed by atoms with Gasteiger partial charge in [0, 0.05) is 25.2 Å². The number of piperidine rings is 1. The monoisotopic (exact) mass is 437 g/mol. The van der Waals surface area contributed by atoms with Crippen molar-refractivity contribution in [3.8, 4) is 6.07 Å². The number of piperazine rings is 1. The molecule has 32 heavy (non-hydrogen) atoms. The molecule has 2 bridgehead atoms. The molecule has 8 heteroatoms. The molecule has 1 unspecified atom stereocenters. The first-order valence-corrected chi connectivity index (χ1v) is 11.7. The van der Waals surface area contributed by atoms with Crippen LogP contribution in [0.15, 0.2) is 24.3 Å². The Morgan fingerprint density at radius 2 is 2.00 bits per heavy atom. The summed E-state index contributed by atoms with van der Waals surface area (Å²) in [5.74, 6) is 0.133. The third-order valence-corrected chi connectivity index (χ3v) is 8.55. The lowest BCUT2D eigenvalue weighted by molar-refractivity contribution is -0.150. The fraction of sp³-hybridized carbons (Fsp3) is 0.625. The van der Waals surface area contributed by atoms with E-state index in [9.17, 15) is 19.2 Å². The lowest BCUT2D eigenvalue weighted by atomic mass is 9.70. The number of hydrogen-bond acceptors (Lipinski definition) is 5. The highest BCUT2D eigenvalue weighted by molar-refractivity contribution is 5.87. The molecule has 6 atom stereocenters. The van der Waals surface area contributed by atoms with Gasteiger partial charge in [-0.2, -0.15) is 5.26 Å². The van der Waals surface area contributed by atoms with Crippen molar-refractivity contribution in [2.24, 2.45) is 11.7 Å². The van der Waals surface area contributed by atoms with E-state index in [1.165, 1.54) is 12.1 Å². The molecule has 2 amide bonds. The van der Waals surface area contributed by atoms with Crippen LogP contribution in [-0.2, 0) is 15.1 Å². The third-order valence-electron chi connectivity index (χ3n) is 8.55. The van der Waals surface area contributed by atoms with E-state index in [0.717, 1.165) is 44.1 Å². The minimum atomic E-state index is -0.722. The van der Waals surface area contributed by atoms with Crippen LogP contribution in [0.1, 0.15) is 44.1 Å². The average Bonchev–Trinajstić information content (AvgIpc) is 3.09. The smallest absolute Gasteiger partial charge is 0.242 e. The SMILES string of the molecule is N#C[C@@H]1C[C@@H]2CC2N1C(=O)[C@@H](N)CN1C[C@H]2C[C@@H]1C(=O)N2C1(c2ccc(F)cc2)CCC1. The van der Waals surface area contributed by atoms with Gasteiger partial charge in [0.05, 0.1) is 23.7 Å². The molecule has 168 valence electrons. The summed E-state index contributed by atoms with van der Waals surface area (Å²) in [5.41, 5.74) is 7.00. The van der Waals surface area contributed by atoms with Crippen molar-refractivity contribution in [3.63, 3.8) is 0 Å². The predicted molar refractivity (Wildman–Crippen MR) is 113 cm³/mol. The van der Waals surface area contributed by atoms with Gasteiger partial charge in [-0.1, -0.05) is 12.1 Å². The van der Waals surface area contributed by atoms with Crippen molar-refractivity contribution >= 4 is 11.8 Å². The molecule has 3 heterocycles. The van der Waals surface area contributed by atoms with E-state index in [1.54, 1.807) is 4.90 Å². The molecule has 3 aliphatic heterocycles. The first kappa shape index (κ1) is 20.1. The molecule has 0 radical (unpaired) electrons. The molecule has 2 saturated carbocycles. The Kier molecular flexibility index (Phi) is 4.40. The summed E-state index contributed by atoms with van der Waals surface area (Å²) < 4.78 is 13.5. The van der Waals surface area contributed by atoms with Crippen molar-refractivity contribution in [2.45, 2.75) is 74.3 Å². The number of rotatable bonds is 5. The number of amides is 2. The highest BCUT2D eigenvalue weighted by atomic mass is 19.1. The zero-order chi connectivity index (χ0) is 22.2. The zero-order valence-corrected chi connectivity index (χ0v) is 18.0. The van der Waals surface area contributed by atoms with Crippen LogP contribution in [0, 0.1) is 23.1 Å². The van der Waals surface area contributed by atoms with Gasteiger partial charge < -0.3 is 15.5 Å². The fourth-order valence-corrected chi connectivity index (χ4v) is 6.78. The number of carbonyl (C=O) groups is 2. The molecule has 0 aromatic heterocycles. The number of hydrogen-bond donors (Lipinski definition) is 1. The van der Waals surface area contributed by atoms with E-state index in [0.29, 0.717) is 19.0 Å². The van der Waals surface area contributed by atoms with Crippen molar-refractivity contribution < 1.29 is 14.0 Å². The Balaban J connectivity index is 1.15. The molecule has 2 aliphatic carbocycles. The second-order valence-corrected chi connectivity index (χ2v) is 10.3. The summed E-state index contributed by atoms with van der Waals surface area (Å²) >= 11 is 0. The average molecular weight is 438 g/mol. The van der Waals surface area contributed by atoms with Crippen LogP contribution in [0.2, 0.25) is 0 Å². The van der Waals surface area contributed by atoms with Gasteiger partial charge in [0.2, 0.25) is 11.8 Å². The fourth-order valence-electron chi connectivity index (χ4n) is 6.78. The van der Waals surface area contributed by atoms with Gasteiger partial charge in [-0.3, -0.25) is 14.5 Å². The Bertz CT molecular complexity index is 1000. The predicted octanol–water partition coefficient (Wildman–Crippen LogP) is 1.33. The standard InChI is InChI=1S/C24H28FN5O2/c25-16-4-2-15(3-5-16)24(6-1-7-24)30-18-10-21(23(30)32)28(12-18)13-19(27)22(31)29-17(11-26)8-14-9-20(14)29/h2-5,14,17-21H,1,6-10,12-13,27H2/t14-,17+,18-,19+,20?,21-/m1/s1. The van der Waals surface area contributed by atoms with Crippen LogP contribution < -0.4 is 5.73 Å². The summed E-state index contributed by atoms with van der Waals surface area (Å²) in [7, 11) is 0. The lowest BCUT2D eigenvalue weighted by Gasteiger charge is -2.53. The molecule has 1 aromatic rings. The molecule has 6 rings (SSSR count). The summed E-state index contributed by atoms with van der Waals surface area (Å²) in [6.45, 7) is 1.04. The maximum atomic E-state index is 13.5. The van der Waals surface area contributed by atoms with Crippen LogP contribution in [0.3, 0.4) is 0 Å². The van der Waals surface area contributed by atoms with Crippen LogP contribution in [0.5, 0.6) is 0 Å². The van der Waals surface area contributed by atoms with Crippen LogP contribution in [0.4, 0.5) is 4.39 Å². The number of likely N-dealkylation sites (tertiary alicyclic amines) is 3. The Morgan fingerprint density at radius 1 is 1.25 bits per heavy atom. The van der Waals surface area contributed by atoms with E-state index in [1.807, 2.05) is 12.1 Å². The van der Waals surface area contributed by atoms with Gasteiger partial charge >= 0.3 is 0 Å². The number of halogens is 1. The molecule has 5 fully saturated rings. The van der Waals surface area contributed by atoms with Crippen LogP contribution in [0.25, 0.3) is 0 Å². The van der Waals surface area contributed by atoms with Crippen LogP contribution in [-0.4, -0.2) is 69.8 Å². The molecular formula is C24H28FN5O2. The summed E-state index contributed by atoms with van der Waals surface area (Å²) in [5, 5.41) is 9.39. The zero-order valence-electron chi connectivity index (χ0n) is 18.0. The van der Waals surface area contributed by atoms with E-state index < -0.39 is 6.04 Å². The number of nitrogens with two attached hydrogens (primary N) is 1. The van der Waals surface area contributed by atoms with Gasteiger partial charge in [-0.05, 0) is 62.1 Å². The Morgan fingerprint density at radius 3 is 2.62 bits per heavy atom. The normalized spacial score (nSPS) is 35.4. The van der Waals surface area contributed by atoms with Gasteiger partial charge in [-0.25, -0.2) is 4.39 Å². The molecule has 3 saturated heterocycles. The maximum absolute atomic E-state index is 13.5. The molecule has 2 N–H and O–H groups in total. The van der Waals surface area contributed by atoms with Gasteiger partial charge in [-0.15, -0.1) is 0 Å². The van der Waals surface area contributed by atoms with Gasteiger partial charge in [0.1, 0.15) is 11.9 Å². The summed E-state index contributed by atoms with van der Waals surface area (Å²) in [6.07, 6.45) is 5.34. The first-order chi connectivity index (χ1) is 15.4. The quantitative estimate of drug-likeness (QED) is 0.750. The highest BCUT2D eigenvalue weighted by Crippen LogP contribution is 2.52. The summed E-state index contributed by atoms with van der Waals surface area (Å²) in [4.78, 5) is 32.3. The molecule has 0 spiro atoms. The maximum Gasteiger partial charge on any atom is 0.242 e. The second-order valence-electron chi connectivity index (χ2n) is 10.3. The molecule has 1 aromatic carbocycles. The highest BCUT2D eigenvalue weighted by Gasteiger charge is 2.59. The lowest BCUT2D eigenvalue weighted by Crippen LogP contribution is -2.62. The number of fused-ring (bicyclic) bond motifs is 3. The van der Waals surface area contributed by atoms with Crippen molar-refractivity contribution in [2.75, 3.05) is 13.1 Å². The molecular weight excluding hydrogens is 409 g/mol. The number of carbonyl (C=O) groups excluding carboxylic acids is 2. The van der Waals surface area contributed by atoms with Gasteiger partial charge in [0.25, 0.3) is 0 Å². The van der Waals surface area contributed by atoms with E-state index in [4.69, 9.17) is 5.73 Å². The minimum Gasteiger partial charge on any atom is -0.327 e. The van der Waals surface area contributed by atoms with Gasteiger partial charge in [0.15, 0.2) is 0 Å². The number of benzene rings is 1. The minimum absolute atomic E-state index is 0.0895. The number of nitrogens with zero attached hydrogens (tertiary/aromatic N) is 4. The molecule has 7 nitrogen and oxygen atoms in total. The second kappa shape index (κ2) is 7.00. The summed E-state index contributed by atoms with van der Waals surface area (Å²) in [6, 6.07) is 7.75. The first-order valence-electron chi connectivity index (χ1n) is 11.7. The van der Waals surface area contributed by atoms with Crippen molar-refractivity contribution in [1.29, 1.82) is 5.26 Å². The van der Waals surface area contributed by atoms with E-state index in [2.05, 4.69) is 15.9 Å². The van der Waals surface area contributed by atoms with Crippen LogP contribution >= 0.6 is 0 Å².